The van der Waals surface area contributed by atoms with Crippen molar-refractivity contribution < 1.29 is 38.1 Å². The topological polar surface area (TPSA) is 171 Å². The van der Waals surface area contributed by atoms with Crippen LogP contribution in [-0.4, -0.2) is 63.3 Å². The summed E-state index contributed by atoms with van der Waals surface area (Å²) in [4.78, 5) is 50.6. The van der Waals surface area contributed by atoms with E-state index < -0.39 is 41.8 Å². The number of anilines is 1. The quantitative estimate of drug-likeness (QED) is 0.463. The fourth-order valence-electron chi connectivity index (χ4n) is 3.62. The molecule has 174 valence electrons. The summed E-state index contributed by atoms with van der Waals surface area (Å²) in [5.41, 5.74) is -1.57. The third-order valence-electron chi connectivity index (χ3n) is 4.74. The van der Waals surface area contributed by atoms with Crippen LogP contribution >= 0.6 is 0 Å². The molecule has 2 aromatic heterocycles. The zero-order valence-corrected chi connectivity index (χ0v) is 18.2. The van der Waals surface area contributed by atoms with Crippen LogP contribution in [0.2, 0.25) is 0 Å². The van der Waals surface area contributed by atoms with Crippen LogP contribution in [-0.2, 0) is 43.7 Å². The van der Waals surface area contributed by atoms with Crippen LogP contribution in [0.25, 0.3) is 5.52 Å². The molecule has 0 bridgehead atoms. The molecule has 1 aliphatic heterocycles. The Balaban J connectivity index is 2.17. The molecule has 1 N–H and O–H groups in total. The highest BCUT2D eigenvalue weighted by Gasteiger charge is 2.62. The van der Waals surface area contributed by atoms with E-state index in [2.05, 4.69) is 15.4 Å². The Morgan fingerprint density at radius 1 is 1.15 bits per heavy atom. The number of fused-ring (bicyclic) bond motifs is 1. The van der Waals surface area contributed by atoms with Crippen LogP contribution in [0.3, 0.4) is 0 Å². The molecule has 13 nitrogen and oxygen atoms in total. The van der Waals surface area contributed by atoms with Crippen molar-refractivity contribution in [2.75, 3.05) is 11.9 Å². The minimum absolute atomic E-state index is 0.114. The van der Waals surface area contributed by atoms with Crippen LogP contribution in [0, 0.1) is 11.3 Å². The molecule has 1 amide bonds. The Hall–Kier alpha value is -4.05. The van der Waals surface area contributed by atoms with Gasteiger partial charge in [0.15, 0.2) is 18.0 Å². The first-order valence-corrected chi connectivity index (χ1v) is 9.76. The van der Waals surface area contributed by atoms with E-state index in [1.165, 1.54) is 30.5 Å². The first-order chi connectivity index (χ1) is 15.6. The minimum Gasteiger partial charge on any atom is -0.463 e. The maximum Gasteiger partial charge on any atom is 0.303 e. The molecule has 1 aliphatic rings. The van der Waals surface area contributed by atoms with Crippen molar-refractivity contribution in [1.82, 2.24) is 14.6 Å². The monoisotopic (exact) mass is 459 g/mol. The van der Waals surface area contributed by atoms with Gasteiger partial charge in [-0.2, -0.15) is 10.4 Å². The van der Waals surface area contributed by atoms with Gasteiger partial charge in [-0.05, 0) is 12.1 Å². The maximum absolute atomic E-state index is 11.9. The highest BCUT2D eigenvalue weighted by Crippen LogP contribution is 2.43. The van der Waals surface area contributed by atoms with Crippen molar-refractivity contribution >= 4 is 35.1 Å². The van der Waals surface area contributed by atoms with Gasteiger partial charge in [0.05, 0.1) is 5.69 Å². The second-order valence-electron chi connectivity index (χ2n) is 7.22. The Kier molecular flexibility index (Phi) is 6.59. The van der Waals surface area contributed by atoms with Gasteiger partial charge in [0.1, 0.15) is 30.6 Å². The molecule has 0 saturated carbocycles. The SMILES string of the molecule is CC(=O)Nc1ncnn2c([C@]3(C#N)O[C@H](COC(C)=O)[C@@H](OC(C)=O)[C@H]3OC(C)=O)ccc12. The zero-order chi connectivity index (χ0) is 24.3. The normalized spacial score (nSPS) is 24.0. The molecular weight excluding hydrogens is 438 g/mol. The van der Waals surface area contributed by atoms with Crippen LogP contribution in [0.1, 0.15) is 33.4 Å². The number of hydrogen-bond acceptors (Lipinski definition) is 11. The van der Waals surface area contributed by atoms with Crippen molar-refractivity contribution in [2.45, 2.75) is 51.6 Å². The van der Waals surface area contributed by atoms with E-state index in [4.69, 9.17) is 18.9 Å². The number of ether oxygens (including phenoxy) is 4. The molecule has 0 unspecified atom stereocenters. The van der Waals surface area contributed by atoms with Gasteiger partial charge in [-0.1, -0.05) is 0 Å². The molecular formula is C20H21N5O8. The van der Waals surface area contributed by atoms with E-state index in [1.807, 2.05) is 6.07 Å². The highest BCUT2D eigenvalue weighted by molar-refractivity contribution is 5.91. The number of esters is 3. The molecule has 0 aliphatic carbocycles. The van der Waals surface area contributed by atoms with Crippen molar-refractivity contribution in [3.05, 3.63) is 24.2 Å². The van der Waals surface area contributed by atoms with E-state index in [0.29, 0.717) is 5.52 Å². The molecule has 0 radical (unpaired) electrons. The fourth-order valence-corrected chi connectivity index (χ4v) is 3.62. The second-order valence-corrected chi connectivity index (χ2v) is 7.22. The summed E-state index contributed by atoms with van der Waals surface area (Å²) in [7, 11) is 0. The average Bonchev–Trinajstić information content (AvgIpc) is 3.27. The summed E-state index contributed by atoms with van der Waals surface area (Å²) < 4.78 is 23.0. The van der Waals surface area contributed by atoms with Gasteiger partial charge < -0.3 is 24.3 Å². The number of aromatic nitrogens is 3. The van der Waals surface area contributed by atoms with Gasteiger partial charge in [-0.25, -0.2) is 9.50 Å². The summed E-state index contributed by atoms with van der Waals surface area (Å²) in [5.74, 6) is -2.31. The molecule has 3 rings (SSSR count). The van der Waals surface area contributed by atoms with E-state index in [0.717, 1.165) is 20.2 Å². The average molecular weight is 459 g/mol. The van der Waals surface area contributed by atoms with Crippen LogP contribution in [0.15, 0.2) is 18.5 Å². The minimum atomic E-state index is -2.01. The molecule has 0 aromatic carbocycles. The van der Waals surface area contributed by atoms with Gasteiger partial charge in [0.2, 0.25) is 11.5 Å². The number of nitrogens with zero attached hydrogens (tertiary/aromatic N) is 4. The Morgan fingerprint density at radius 3 is 2.42 bits per heavy atom. The number of carbonyl (C=O) groups excluding carboxylic acids is 4. The maximum atomic E-state index is 11.9. The number of carbonyl (C=O) groups is 4. The molecule has 4 atom stereocenters. The molecule has 0 spiro atoms. The Bertz CT molecular complexity index is 1160. The predicted octanol–water partition coefficient (Wildman–Crippen LogP) is 0.232. The van der Waals surface area contributed by atoms with Crippen LogP contribution in [0.4, 0.5) is 5.82 Å². The lowest BCUT2D eigenvalue weighted by Crippen LogP contribution is -2.45. The summed E-state index contributed by atoms with van der Waals surface area (Å²) in [6.45, 7) is 4.38. The fraction of sp³-hybridized carbons (Fsp3) is 0.450. The van der Waals surface area contributed by atoms with E-state index in [-0.39, 0.29) is 24.0 Å². The van der Waals surface area contributed by atoms with Gasteiger partial charge in [0.25, 0.3) is 0 Å². The van der Waals surface area contributed by atoms with Crippen molar-refractivity contribution in [3.63, 3.8) is 0 Å². The predicted molar refractivity (Wildman–Crippen MR) is 107 cm³/mol. The summed E-state index contributed by atoms with van der Waals surface area (Å²) in [5, 5.41) is 16.9. The first-order valence-electron chi connectivity index (χ1n) is 9.76. The molecule has 2 aromatic rings. The van der Waals surface area contributed by atoms with Gasteiger partial charge in [0, 0.05) is 27.7 Å². The van der Waals surface area contributed by atoms with Crippen molar-refractivity contribution in [3.8, 4) is 6.07 Å². The van der Waals surface area contributed by atoms with Gasteiger partial charge >= 0.3 is 17.9 Å². The number of hydrogen-bond donors (Lipinski definition) is 1. The van der Waals surface area contributed by atoms with Gasteiger partial charge in [-0.15, -0.1) is 0 Å². The number of rotatable bonds is 6. The third kappa shape index (κ3) is 4.60. The lowest BCUT2D eigenvalue weighted by Gasteiger charge is -2.28. The summed E-state index contributed by atoms with van der Waals surface area (Å²) >= 11 is 0. The first kappa shape index (κ1) is 23.6. The molecule has 1 saturated heterocycles. The highest BCUT2D eigenvalue weighted by atomic mass is 16.7. The van der Waals surface area contributed by atoms with Crippen molar-refractivity contribution in [1.29, 1.82) is 5.26 Å². The zero-order valence-electron chi connectivity index (χ0n) is 18.2. The van der Waals surface area contributed by atoms with Gasteiger partial charge in [-0.3, -0.25) is 19.2 Å². The van der Waals surface area contributed by atoms with E-state index >= 15 is 0 Å². The Morgan fingerprint density at radius 2 is 1.85 bits per heavy atom. The van der Waals surface area contributed by atoms with Crippen LogP contribution in [0.5, 0.6) is 0 Å². The lowest BCUT2D eigenvalue weighted by atomic mass is 9.92. The molecule has 1 fully saturated rings. The lowest BCUT2D eigenvalue weighted by molar-refractivity contribution is -0.167. The molecule has 3 heterocycles. The number of nitriles is 1. The van der Waals surface area contributed by atoms with E-state index in [9.17, 15) is 24.4 Å². The third-order valence-corrected chi connectivity index (χ3v) is 4.74. The number of nitrogens with one attached hydrogen (secondary N) is 1. The van der Waals surface area contributed by atoms with Crippen LogP contribution < -0.4 is 5.32 Å². The summed E-state index contributed by atoms with van der Waals surface area (Å²) in [6, 6.07) is 5.02. The molecule has 33 heavy (non-hydrogen) atoms. The van der Waals surface area contributed by atoms with E-state index in [1.54, 1.807) is 0 Å². The largest absolute Gasteiger partial charge is 0.463 e. The standard InChI is InChI=1S/C20H21N5O8/c1-10(26)24-19-14-5-6-16(25(14)23-9-22-19)20(8-21)18(32-13(4)29)17(31-12(3)28)15(33-20)7-30-11(2)27/h5-6,9,15,17-18H,7H2,1-4H3,(H,22,23,24,26)/t15-,17-,18-,20+/m1/s1. The second kappa shape index (κ2) is 9.21. The Labute approximate surface area is 187 Å². The van der Waals surface area contributed by atoms with Crippen molar-refractivity contribution in [2.24, 2.45) is 0 Å². The smallest absolute Gasteiger partial charge is 0.303 e. The number of amides is 1. The molecule has 13 heteroatoms. The summed E-state index contributed by atoms with van der Waals surface area (Å²) in [6.07, 6.45) is -2.68.